The average Bonchev–Trinajstić information content (AvgIpc) is 2.72. The van der Waals surface area contributed by atoms with Crippen LogP contribution in [0.3, 0.4) is 0 Å². The number of nitrogens with zero attached hydrogens (tertiary/aromatic N) is 2. The third-order valence-electron chi connectivity index (χ3n) is 4.33. The molecule has 0 aliphatic carbocycles. The number of aromatic nitrogens is 2. The lowest BCUT2D eigenvalue weighted by molar-refractivity contribution is 0.411. The number of fused-ring (bicyclic) bond motifs is 1. The summed E-state index contributed by atoms with van der Waals surface area (Å²) in [5.74, 6) is 1.32. The number of hydrogen-bond acceptors (Lipinski definition) is 4. The first-order valence-electron chi connectivity index (χ1n) is 8.70. The molecular formula is C22H17BrN2O2S. The molecule has 0 radical (unpaired) electrons. The first-order chi connectivity index (χ1) is 13.7. The largest absolute Gasteiger partial charge is 0.495 e. The summed E-state index contributed by atoms with van der Waals surface area (Å²) in [6, 6.07) is 23.0. The van der Waals surface area contributed by atoms with Crippen molar-refractivity contribution in [2.75, 3.05) is 7.11 Å². The van der Waals surface area contributed by atoms with Crippen molar-refractivity contribution in [2.45, 2.75) is 10.9 Å². The van der Waals surface area contributed by atoms with Crippen LogP contribution < -0.4 is 10.3 Å². The Hall–Kier alpha value is -2.57. The van der Waals surface area contributed by atoms with Gasteiger partial charge in [0, 0.05) is 10.2 Å². The van der Waals surface area contributed by atoms with Crippen LogP contribution in [0.15, 0.2) is 87.2 Å². The van der Waals surface area contributed by atoms with E-state index in [1.165, 1.54) is 11.8 Å². The Morgan fingerprint density at radius 3 is 2.64 bits per heavy atom. The summed E-state index contributed by atoms with van der Waals surface area (Å²) in [6.07, 6.45) is 0. The van der Waals surface area contributed by atoms with Gasteiger partial charge in [0.1, 0.15) is 5.75 Å². The quantitative estimate of drug-likeness (QED) is 0.298. The van der Waals surface area contributed by atoms with Gasteiger partial charge in [-0.1, -0.05) is 64.1 Å². The number of methoxy groups -OCH3 is 1. The second kappa shape index (κ2) is 8.20. The maximum Gasteiger partial charge on any atom is 0.266 e. The molecule has 4 rings (SSSR count). The summed E-state index contributed by atoms with van der Waals surface area (Å²) in [6.45, 7) is 0. The number of rotatable bonds is 5. The van der Waals surface area contributed by atoms with Crippen molar-refractivity contribution >= 4 is 38.6 Å². The van der Waals surface area contributed by atoms with Crippen LogP contribution in [0, 0.1) is 0 Å². The Balaban J connectivity index is 1.87. The second-order valence-corrected chi connectivity index (χ2v) is 8.00. The molecule has 6 heteroatoms. The number of benzene rings is 3. The van der Waals surface area contributed by atoms with Crippen molar-refractivity contribution in [1.29, 1.82) is 0 Å². The number of thioether (sulfide) groups is 1. The van der Waals surface area contributed by atoms with Crippen molar-refractivity contribution in [2.24, 2.45) is 0 Å². The molecule has 1 aromatic heterocycles. The first-order valence-corrected chi connectivity index (χ1v) is 10.5. The standard InChI is InChI=1S/C22H17BrN2O2S/c1-27-20-12-5-4-11-19(20)25-21(26)17-9-2-3-10-18(17)24-22(25)28-14-15-7-6-8-16(23)13-15/h2-13H,14H2,1H3. The molecule has 4 aromatic rings. The highest BCUT2D eigenvalue weighted by molar-refractivity contribution is 9.10. The predicted molar refractivity (Wildman–Crippen MR) is 118 cm³/mol. The highest BCUT2D eigenvalue weighted by atomic mass is 79.9. The van der Waals surface area contributed by atoms with E-state index in [2.05, 4.69) is 28.1 Å². The zero-order chi connectivity index (χ0) is 19.5. The summed E-state index contributed by atoms with van der Waals surface area (Å²) in [7, 11) is 1.60. The Morgan fingerprint density at radius 2 is 1.82 bits per heavy atom. The number of halogens is 1. The molecule has 140 valence electrons. The maximum absolute atomic E-state index is 13.3. The Bertz CT molecular complexity index is 1210. The SMILES string of the molecule is COc1ccccc1-n1c(SCc2cccc(Br)c2)nc2ccccc2c1=O. The molecule has 4 nitrogen and oxygen atoms in total. The Labute approximate surface area is 175 Å². The van der Waals surface area contributed by atoms with Crippen LogP contribution in [0.2, 0.25) is 0 Å². The van der Waals surface area contributed by atoms with Gasteiger partial charge in [-0.25, -0.2) is 4.98 Å². The molecule has 0 spiro atoms. The zero-order valence-corrected chi connectivity index (χ0v) is 17.5. The molecule has 0 saturated carbocycles. The van der Waals surface area contributed by atoms with Crippen molar-refractivity contribution in [1.82, 2.24) is 9.55 Å². The van der Waals surface area contributed by atoms with Crippen LogP contribution in [-0.4, -0.2) is 16.7 Å². The van der Waals surface area contributed by atoms with E-state index in [4.69, 9.17) is 9.72 Å². The molecule has 0 aliphatic heterocycles. The Kier molecular flexibility index (Phi) is 5.50. The van der Waals surface area contributed by atoms with Gasteiger partial charge in [-0.05, 0) is 42.0 Å². The molecule has 0 bridgehead atoms. The third-order valence-corrected chi connectivity index (χ3v) is 5.83. The summed E-state index contributed by atoms with van der Waals surface area (Å²) < 4.78 is 8.17. The minimum absolute atomic E-state index is 0.105. The molecule has 0 atom stereocenters. The van der Waals surface area contributed by atoms with Crippen molar-refractivity contribution in [3.63, 3.8) is 0 Å². The number of ether oxygens (including phenoxy) is 1. The van der Waals surface area contributed by atoms with Gasteiger partial charge >= 0.3 is 0 Å². The van der Waals surface area contributed by atoms with E-state index in [0.717, 1.165) is 10.0 Å². The molecule has 0 fully saturated rings. The monoisotopic (exact) mass is 452 g/mol. The summed E-state index contributed by atoms with van der Waals surface area (Å²) in [4.78, 5) is 18.1. The fraction of sp³-hybridized carbons (Fsp3) is 0.0909. The van der Waals surface area contributed by atoms with Gasteiger partial charge in [0.05, 0.1) is 23.7 Å². The van der Waals surface area contributed by atoms with Gasteiger partial charge in [0.15, 0.2) is 5.16 Å². The molecule has 0 aliphatic rings. The van der Waals surface area contributed by atoms with Crippen LogP contribution in [-0.2, 0) is 5.75 Å². The predicted octanol–water partition coefficient (Wildman–Crippen LogP) is 5.45. The van der Waals surface area contributed by atoms with E-state index >= 15 is 0 Å². The van der Waals surface area contributed by atoms with Gasteiger partial charge in [0.2, 0.25) is 0 Å². The summed E-state index contributed by atoms with van der Waals surface area (Å²) in [5.41, 5.74) is 2.42. The topological polar surface area (TPSA) is 44.1 Å². The zero-order valence-electron chi connectivity index (χ0n) is 15.1. The van der Waals surface area contributed by atoms with Gasteiger partial charge in [0.25, 0.3) is 5.56 Å². The number of para-hydroxylation sites is 3. The fourth-order valence-electron chi connectivity index (χ4n) is 3.01. The van der Waals surface area contributed by atoms with Gasteiger partial charge in [-0.15, -0.1) is 0 Å². The van der Waals surface area contributed by atoms with E-state index in [9.17, 15) is 4.79 Å². The molecule has 3 aromatic carbocycles. The van der Waals surface area contributed by atoms with Crippen molar-refractivity contribution in [3.05, 3.63) is 93.2 Å². The Morgan fingerprint density at radius 1 is 1.04 bits per heavy atom. The summed E-state index contributed by atoms with van der Waals surface area (Å²) >= 11 is 5.03. The molecule has 0 unspecified atom stereocenters. The lowest BCUT2D eigenvalue weighted by atomic mass is 10.2. The molecular weight excluding hydrogens is 436 g/mol. The lowest BCUT2D eigenvalue weighted by Crippen LogP contribution is -2.22. The highest BCUT2D eigenvalue weighted by Crippen LogP contribution is 2.29. The smallest absolute Gasteiger partial charge is 0.266 e. The second-order valence-electron chi connectivity index (χ2n) is 6.14. The minimum Gasteiger partial charge on any atom is -0.495 e. The molecule has 0 amide bonds. The molecule has 28 heavy (non-hydrogen) atoms. The van der Waals surface area contributed by atoms with Crippen LogP contribution in [0.4, 0.5) is 0 Å². The maximum atomic E-state index is 13.3. The first kappa shape index (κ1) is 18.8. The molecule has 0 N–H and O–H groups in total. The van der Waals surface area contributed by atoms with Crippen LogP contribution in [0.5, 0.6) is 5.75 Å². The van der Waals surface area contributed by atoms with E-state index in [-0.39, 0.29) is 5.56 Å². The lowest BCUT2D eigenvalue weighted by Gasteiger charge is -2.15. The number of hydrogen-bond donors (Lipinski definition) is 0. The van der Waals surface area contributed by atoms with E-state index in [1.807, 2.05) is 54.6 Å². The molecule has 1 heterocycles. The summed E-state index contributed by atoms with van der Waals surface area (Å²) in [5, 5.41) is 1.22. The normalized spacial score (nSPS) is 10.9. The van der Waals surface area contributed by atoms with Crippen LogP contribution in [0.1, 0.15) is 5.56 Å². The van der Waals surface area contributed by atoms with Gasteiger partial charge < -0.3 is 4.74 Å². The van der Waals surface area contributed by atoms with E-state index < -0.39 is 0 Å². The van der Waals surface area contributed by atoms with Crippen molar-refractivity contribution < 1.29 is 4.74 Å². The van der Waals surface area contributed by atoms with Crippen LogP contribution >= 0.6 is 27.7 Å². The van der Waals surface area contributed by atoms with Crippen molar-refractivity contribution in [3.8, 4) is 11.4 Å². The van der Waals surface area contributed by atoms with Gasteiger partial charge in [-0.3, -0.25) is 9.36 Å². The molecule has 0 saturated heterocycles. The average molecular weight is 453 g/mol. The van der Waals surface area contributed by atoms with E-state index in [0.29, 0.717) is 33.2 Å². The van der Waals surface area contributed by atoms with Crippen LogP contribution in [0.25, 0.3) is 16.6 Å². The third kappa shape index (κ3) is 3.70. The van der Waals surface area contributed by atoms with Gasteiger partial charge in [-0.2, -0.15) is 0 Å². The highest BCUT2D eigenvalue weighted by Gasteiger charge is 2.16. The fourth-order valence-corrected chi connectivity index (χ4v) is 4.41. The minimum atomic E-state index is -0.105. The van der Waals surface area contributed by atoms with E-state index in [1.54, 1.807) is 17.7 Å².